The van der Waals surface area contributed by atoms with E-state index in [0.29, 0.717) is 12.8 Å². The van der Waals surface area contributed by atoms with Crippen molar-refractivity contribution in [3.8, 4) is 17.2 Å². The minimum absolute atomic E-state index is 0.0164. The van der Waals surface area contributed by atoms with Gasteiger partial charge < -0.3 is 24.8 Å². The summed E-state index contributed by atoms with van der Waals surface area (Å²) in [6.07, 6.45) is 1.07. The van der Waals surface area contributed by atoms with Gasteiger partial charge in [-0.25, -0.2) is 0 Å². The number of anilines is 2. The maximum Gasteiger partial charge on any atom is 0.163 e. The van der Waals surface area contributed by atoms with E-state index in [-0.39, 0.29) is 23.8 Å². The maximum atomic E-state index is 13.9. The number of hydrogen-bond donors (Lipinski definition) is 2. The third-order valence-corrected chi connectivity index (χ3v) is 6.78. The number of carbonyl (C=O) groups is 1. The molecule has 0 fully saturated rings. The summed E-state index contributed by atoms with van der Waals surface area (Å²) in [6, 6.07) is 21.5. The van der Waals surface area contributed by atoms with Gasteiger partial charge in [-0.2, -0.15) is 0 Å². The van der Waals surface area contributed by atoms with Crippen LogP contribution < -0.4 is 24.8 Å². The molecule has 2 aliphatic rings. The highest BCUT2D eigenvalue weighted by molar-refractivity contribution is 6.01. The molecule has 6 nitrogen and oxygen atoms in total. The molecule has 1 heterocycles. The van der Waals surface area contributed by atoms with E-state index in [1.165, 1.54) is 0 Å². The number of nitrogens with one attached hydrogen (secondary N) is 2. The second-order valence-corrected chi connectivity index (χ2v) is 9.48. The average molecular weight is 485 g/mol. The lowest BCUT2D eigenvalue weighted by Gasteiger charge is -2.31. The first kappa shape index (κ1) is 23.8. The number of benzene rings is 3. The molecule has 2 N–H and O–H groups in total. The number of ketones is 1. The molecule has 3 aromatic carbocycles. The second kappa shape index (κ2) is 9.97. The van der Waals surface area contributed by atoms with Crippen LogP contribution in [-0.4, -0.2) is 26.1 Å². The van der Waals surface area contributed by atoms with Gasteiger partial charge in [-0.15, -0.1) is 0 Å². The fourth-order valence-corrected chi connectivity index (χ4v) is 5.18. The number of fused-ring (bicyclic) bond motifs is 1. The number of rotatable bonds is 6. The van der Waals surface area contributed by atoms with Gasteiger partial charge in [0.15, 0.2) is 5.78 Å². The molecule has 0 saturated heterocycles. The van der Waals surface area contributed by atoms with Crippen molar-refractivity contribution in [3.05, 3.63) is 89.1 Å². The van der Waals surface area contributed by atoms with E-state index in [4.69, 9.17) is 14.2 Å². The zero-order valence-corrected chi connectivity index (χ0v) is 21.1. The minimum Gasteiger partial charge on any atom is -0.497 e. The van der Waals surface area contributed by atoms with Gasteiger partial charge >= 0.3 is 0 Å². The summed E-state index contributed by atoms with van der Waals surface area (Å²) < 4.78 is 17.3. The molecule has 0 radical (unpaired) electrons. The van der Waals surface area contributed by atoms with Crippen LogP contribution in [0.4, 0.5) is 11.4 Å². The number of para-hydroxylation sites is 3. The first-order chi connectivity index (χ1) is 17.5. The Balaban J connectivity index is 1.63. The highest BCUT2D eigenvalue weighted by atomic mass is 16.5. The van der Waals surface area contributed by atoms with E-state index >= 15 is 0 Å². The van der Waals surface area contributed by atoms with Crippen molar-refractivity contribution in [1.29, 1.82) is 0 Å². The normalized spacial score (nSPS) is 19.0. The average Bonchev–Trinajstić information content (AvgIpc) is 3.05. The van der Waals surface area contributed by atoms with Crippen molar-refractivity contribution in [1.82, 2.24) is 0 Å². The van der Waals surface area contributed by atoms with E-state index in [9.17, 15) is 4.79 Å². The molecule has 2 atom stereocenters. The SMILES string of the molecule is COc1ccc(OC)c(C2CC(=O)C3=C(C2)Nc2ccccc2NC3c2ccccc2OC(C)C)c1. The molecule has 2 unspecified atom stereocenters. The van der Waals surface area contributed by atoms with Crippen LogP contribution in [0.1, 0.15) is 49.8 Å². The molecular formula is C30H32N2O4. The van der Waals surface area contributed by atoms with Crippen molar-refractivity contribution >= 4 is 17.2 Å². The molecule has 5 rings (SSSR count). The summed E-state index contributed by atoms with van der Waals surface area (Å²) in [5.41, 5.74) is 5.49. The first-order valence-corrected chi connectivity index (χ1v) is 12.3. The molecule has 0 aromatic heterocycles. The van der Waals surface area contributed by atoms with Gasteiger partial charge in [0, 0.05) is 34.7 Å². The van der Waals surface area contributed by atoms with Gasteiger partial charge in [0.2, 0.25) is 0 Å². The third-order valence-electron chi connectivity index (χ3n) is 6.78. The monoisotopic (exact) mass is 484 g/mol. The number of ether oxygens (including phenoxy) is 3. The Hall–Kier alpha value is -3.93. The number of hydrogen-bond acceptors (Lipinski definition) is 6. The third kappa shape index (κ3) is 4.51. The van der Waals surface area contributed by atoms with Gasteiger partial charge in [-0.05, 0) is 56.7 Å². The molecule has 186 valence electrons. The highest BCUT2D eigenvalue weighted by Crippen LogP contribution is 2.47. The Morgan fingerprint density at radius 1 is 0.833 bits per heavy atom. The van der Waals surface area contributed by atoms with E-state index < -0.39 is 0 Å². The van der Waals surface area contributed by atoms with E-state index in [2.05, 4.69) is 10.6 Å². The van der Waals surface area contributed by atoms with Crippen LogP contribution >= 0.6 is 0 Å². The molecule has 1 aliphatic carbocycles. The Morgan fingerprint density at radius 3 is 2.33 bits per heavy atom. The smallest absolute Gasteiger partial charge is 0.163 e. The molecule has 6 heteroatoms. The van der Waals surface area contributed by atoms with Crippen LogP contribution in [0, 0.1) is 0 Å². The molecule has 36 heavy (non-hydrogen) atoms. The Labute approximate surface area is 212 Å². The van der Waals surface area contributed by atoms with Crippen molar-refractivity contribution in [2.75, 3.05) is 24.9 Å². The van der Waals surface area contributed by atoms with Crippen LogP contribution in [-0.2, 0) is 4.79 Å². The first-order valence-electron chi connectivity index (χ1n) is 12.3. The van der Waals surface area contributed by atoms with Gasteiger partial charge in [-0.3, -0.25) is 4.79 Å². The van der Waals surface area contributed by atoms with Crippen LogP contribution in [0.5, 0.6) is 17.2 Å². The quantitative estimate of drug-likeness (QED) is 0.418. The van der Waals surface area contributed by atoms with Gasteiger partial charge in [0.05, 0.1) is 37.7 Å². The van der Waals surface area contributed by atoms with Gasteiger partial charge in [-0.1, -0.05) is 30.3 Å². The van der Waals surface area contributed by atoms with Crippen molar-refractivity contribution < 1.29 is 19.0 Å². The lowest BCUT2D eigenvalue weighted by molar-refractivity contribution is -0.116. The maximum absolute atomic E-state index is 13.9. The number of methoxy groups -OCH3 is 2. The topological polar surface area (TPSA) is 68.8 Å². The van der Waals surface area contributed by atoms with Crippen LogP contribution in [0.3, 0.4) is 0 Å². The van der Waals surface area contributed by atoms with E-state index in [1.807, 2.05) is 80.6 Å². The molecule has 0 bridgehead atoms. The van der Waals surface area contributed by atoms with Gasteiger partial charge in [0.25, 0.3) is 0 Å². The van der Waals surface area contributed by atoms with E-state index in [1.54, 1.807) is 14.2 Å². The standard InChI is InChI=1S/C30H32N2O4/c1-18(2)36-28-12-8-5-9-21(28)30-29-25(31-23-10-6-7-11-24(23)32-30)15-19(16-26(29)33)22-17-20(34-3)13-14-27(22)35-4/h5-14,17-19,30-32H,15-16H2,1-4H3. The summed E-state index contributed by atoms with van der Waals surface area (Å²) in [6.45, 7) is 4.02. The summed E-state index contributed by atoms with van der Waals surface area (Å²) >= 11 is 0. The van der Waals surface area contributed by atoms with Crippen LogP contribution in [0.25, 0.3) is 0 Å². The fourth-order valence-electron chi connectivity index (χ4n) is 5.18. The molecular weight excluding hydrogens is 452 g/mol. The molecule has 3 aromatic rings. The Bertz CT molecular complexity index is 1310. The lowest BCUT2D eigenvalue weighted by Crippen LogP contribution is -2.27. The number of allylic oxidation sites excluding steroid dienone is 1. The van der Waals surface area contributed by atoms with Crippen molar-refractivity contribution in [2.24, 2.45) is 0 Å². The molecule has 0 saturated carbocycles. The van der Waals surface area contributed by atoms with Crippen LogP contribution in [0.15, 0.2) is 78.0 Å². The predicted molar refractivity (Wildman–Crippen MR) is 142 cm³/mol. The highest BCUT2D eigenvalue weighted by Gasteiger charge is 2.38. The lowest BCUT2D eigenvalue weighted by atomic mass is 9.78. The zero-order chi connectivity index (χ0) is 25.2. The van der Waals surface area contributed by atoms with Crippen LogP contribution in [0.2, 0.25) is 0 Å². The molecule has 1 aliphatic heterocycles. The number of carbonyl (C=O) groups excluding carboxylic acids is 1. The summed E-state index contributed by atoms with van der Waals surface area (Å²) in [4.78, 5) is 13.9. The van der Waals surface area contributed by atoms with Gasteiger partial charge in [0.1, 0.15) is 17.2 Å². The number of Topliss-reactive ketones (excluding diaryl/α,β-unsaturated/α-hetero) is 1. The summed E-state index contributed by atoms with van der Waals surface area (Å²) in [5.74, 6) is 2.35. The fraction of sp³-hybridized carbons (Fsp3) is 0.300. The molecule has 0 amide bonds. The Kier molecular flexibility index (Phi) is 6.59. The predicted octanol–water partition coefficient (Wildman–Crippen LogP) is 6.47. The second-order valence-electron chi connectivity index (χ2n) is 9.48. The summed E-state index contributed by atoms with van der Waals surface area (Å²) in [5, 5.41) is 7.25. The molecule has 0 spiro atoms. The largest absolute Gasteiger partial charge is 0.497 e. The van der Waals surface area contributed by atoms with Crippen molar-refractivity contribution in [3.63, 3.8) is 0 Å². The minimum atomic E-state index is -0.341. The zero-order valence-electron chi connectivity index (χ0n) is 21.1. The van der Waals surface area contributed by atoms with Crippen molar-refractivity contribution in [2.45, 2.75) is 44.8 Å². The summed E-state index contributed by atoms with van der Waals surface area (Å²) in [7, 11) is 3.31. The Morgan fingerprint density at radius 2 is 1.58 bits per heavy atom. The van der Waals surface area contributed by atoms with E-state index in [0.717, 1.165) is 51.0 Å².